The summed E-state index contributed by atoms with van der Waals surface area (Å²) < 4.78 is 27.6. The Labute approximate surface area is 101 Å². The van der Waals surface area contributed by atoms with Crippen LogP contribution in [0.4, 0.5) is 0 Å². The second kappa shape index (κ2) is 3.69. The minimum Gasteiger partial charge on any atom is -0.469 e. The van der Waals surface area contributed by atoms with E-state index in [1.54, 1.807) is 0 Å². The zero-order valence-corrected chi connectivity index (χ0v) is 11.4. The van der Waals surface area contributed by atoms with Crippen molar-refractivity contribution in [3.05, 3.63) is 0 Å². The zero-order chi connectivity index (χ0) is 13.6. The van der Waals surface area contributed by atoms with Crippen LogP contribution in [0.15, 0.2) is 0 Å². The number of esters is 1. The highest BCUT2D eigenvalue weighted by molar-refractivity contribution is 7.94. The van der Waals surface area contributed by atoms with Crippen LogP contribution >= 0.6 is 0 Å². The third-order valence-electron chi connectivity index (χ3n) is 2.95. The molecule has 1 fully saturated rings. The number of carbonyl (C=O) groups excluding carboxylic acids is 2. The van der Waals surface area contributed by atoms with Gasteiger partial charge in [0, 0.05) is 0 Å². The first-order chi connectivity index (χ1) is 7.48. The lowest BCUT2D eigenvalue weighted by molar-refractivity contribution is -0.152. The third-order valence-corrected chi connectivity index (χ3v) is 5.29. The van der Waals surface area contributed by atoms with Gasteiger partial charge in [0.05, 0.1) is 19.1 Å². The smallest absolute Gasteiger partial charge is 0.313 e. The standard InChI is InChI=1S/C10H17NO5S/c1-9(2,8(13)16-5)6-11-7(12)10(3,4)17(11,14)15/h6H2,1-5H3. The summed E-state index contributed by atoms with van der Waals surface area (Å²) in [4.78, 5) is 23.1. The Bertz CT molecular complexity index is 463. The van der Waals surface area contributed by atoms with Crippen molar-refractivity contribution >= 4 is 21.9 Å². The minimum absolute atomic E-state index is 0.190. The van der Waals surface area contributed by atoms with Crippen molar-refractivity contribution in [1.82, 2.24) is 4.31 Å². The van der Waals surface area contributed by atoms with Gasteiger partial charge in [0.1, 0.15) is 0 Å². The van der Waals surface area contributed by atoms with Gasteiger partial charge in [0.2, 0.25) is 0 Å². The van der Waals surface area contributed by atoms with Gasteiger partial charge >= 0.3 is 5.97 Å². The van der Waals surface area contributed by atoms with E-state index in [9.17, 15) is 18.0 Å². The van der Waals surface area contributed by atoms with Gasteiger partial charge in [0.25, 0.3) is 15.9 Å². The Morgan fingerprint density at radius 3 is 2.24 bits per heavy atom. The van der Waals surface area contributed by atoms with Gasteiger partial charge in [-0.1, -0.05) is 0 Å². The number of methoxy groups -OCH3 is 1. The number of hydrogen-bond donors (Lipinski definition) is 0. The van der Waals surface area contributed by atoms with Gasteiger partial charge in [0.15, 0.2) is 4.75 Å². The van der Waals surface area contributed by atoms with Crippen LogP contribution in [0.5, 0.6) is 0 Å². The van der Waals surface area contributed by atoms with E-state index in [0.717, 1.165) is 4.31 Å². The second-order valence-electron chi connectivity index (χ2n) is 5.20. The molecule has 0 atom stereocenters. The zero-order valence-electron chi connectivity index (χ0n) is 10.6. The number of carbonyl (C=O) groups is 2. The molecule has 1 saturated heterocycles. The molecule has 0 bridgehead atoms. The molecule has 0 spiro atoms. The molecule has 0 N–H and O–H groups in total. The Morgan fingerprint density at radius 1 is 1.41 bits per heavy atom. The van der Waals surface area contributed by atoms with E-state index in [4.69, 9.17) is 0 Å². The molecule has 0 radical (unpaired) electrons. The van der Waals surface area contributed by atoms with Crippen molar-refractivity contribution in [3.63, 3.8) is 0 Å². The fraction of sp³-hybridized carbons (Fsp3) is 0.800. The van der Waals surface area contributed by atoms with Gasteiger partial charge < -0.3 is 4.74 Å². The van der Waals surface area contributed by atoms with Crippen LogP contribution in [-0.4, -0.2) is 43.0 Å². The minimum atomic E-state index is -3.65. The summed E-state index contributed by atoms with van der Waals surface area (Å²) in [5.41, 5.74) is -1.05. The average molecular weight is 263 g/mol. The summed E-state index contributed by atoms with van der Waals surface area (Å²) >= 11 is 0. The van der Waals surface area contributed by atoms with Gasteiger partial charge in [-0.2, -0.15) is 0 Å². The topological polar surface area (TPSA) is 80.8 Å². The molecule has 0 aromatic rings. The molecule has 0 unspecified atom stereocenters. The number of nitrogens with zero attached hydrogens (tertiary/aromatic N) is 1. The summed E-state index contributed by atoms with van der Waals surface area (Å²) in [5, 5.41) is 0. The molecule has 0 aromatic heterocycles. The fourth-order valence-corrected chi connectivity index (χ4v) is 3.30. The van der Waals surface area contributed by atoms with Crippen LogP contribution < -0.4 is 0 Å². The largest absolute Gasteiger partial charge is 0.469 e. The van der Waals surface area contributed by atoms with E-state index in [-0.39, 0.29) is 6.54 Å². The van der Waals surface area contributed by atoms with Gasteiger partial charge in [-0.05, 0) is 27.7 Å². The lowest BCUT2D eigenvalue weighted by Gasteiger charge is -2.45. The number of hydrogen-bond acceptors (Lipinski definition) is 5. The van der Waals surface area contributed by atoms with Crippen LogP contribution in [0.3, 0.4) is 0 Å². The molecular weight excluding hydrogens is 246 g/mol. The molecule has 0 saturated carbocycles. The maximum atomic E-state index is 11.8. The fourth-order valence-electron chi connectivity index (χ4n) is 1.61. The van der Waals surface area contributed by atoms with Crippen molar-refractivity contribution in [2.45, 2.75) is 32.4 Å². The summed E-state index contributed by atoms with van der Waals surface area (Å²) in [6.45, 7) is 5.59. The Hall–Kier alpha value is -1.11. The Balaban J connectivity index is 2.94. The second-order valence-corrected chi connectivity index (χ2v) is 7.61. The molecule has 0 aliphatic carbocycles. The number of ether oxygens (including phenoxy) is 1. The molecule has 7 heteroatoms. The lowest BCUT2D eigenvalue weighted by atomic mass is 9.93. The van der Waals surface area contributed by atoms with Crippen LogP contribution in [0.1, 0.15) is 27.7 Å². The first-order valence-corrected chi connectivity index (χ1v) is 6.57. The summed E-state index contributed by atoms with van der Waals surface area (Å²) in [7, 11) is -2.43. The van der Waals surface area contributed by atoms with Crippen LogP contribution in [-0.2, 0) is 24.3 Å². The highest BCUT2D eigenvalue weighted by atomic mass is 32.2. The van der Waals surface area contributed by atoms with E-state index >= 15 is 0 Å². The molecule has 98 valence electrons. The predicted molar refractivity (Wildman–Crippen MR) is 60.5 cm³/mol. The van der Waals surface area contributed by atoms with E-state index in [0.29, 0.717) is 0 Å². The first-order valence-electron chi connectivity index (χ1n) is 5.13. The quantitative estimate of drug-likeness (QED) is 0.676. The van der Waals surface area contributed by atoms with Gasteiger partial charge in [-0.15, -0.1) is 0 Å². The summed E-state index contributed by atoms with van der Waals surface area (Å²) in [6, 6.07) is 0. The molecule has 1 aliphatic heterocycles. The summed E-state index contributed by atoms with van der Waals surface area (Å²) in [6.07, 6.45) is 0. The molecule has 1 heterocycles. The van der Waals surface area contributed by atoms with Crippen molar-refractivity contribution in [3.8, 4) is 0 Å². The van der Waals surface area contributed by atoms with Crippen molar-refractivity contribution in [2.75, 3.05) is 13.7 Å². The maximum Gasteiger partial charge on any atom is 0.313 e. The van der Waals surface area contributed by atoms with Crippen LogP contribution in [0, 0.1) is 5.41 Å². The summed E-state index contributed by atoms with van der Waals surface area (Å²) in [5.74, 6) is -1.04. The number of rotatable bonds is 3. The number of sulfonamides is 1. The molecule has 17 heavy (non-hydrogen) atoms. The molecule has 6 nitrogen and oxygen atoms in total. The van der Waals surface area contributed by atoms with Crippen molar-refractivity contribution in [2.24, 2.45) is 5.41 Å². The maximum absolute atomic E-state index is 11.8. The normalized spacial score (nSPS) is 21.9. The predicted octanol–water partition coefficient (Wildman–Crippen LogP) is 0.136. The molecule has 1 rings (SSSR count). The molecule has 0 aromatic carbocycles. The van der Waals surface area contributed by atoms with Crippen molar-refractivity contribution in [1.29, 1.82) is 0 Å². The lowest BCUT2D eigenvalue weighted by Crippen LogP contribution is -2.69. The monoisotopic (exact) mass is 263 g/mol. The Morgan fingerprint density at radius 2 is 1.88 bits per heavy atom. The molecule has 1 amide bonds. The first kappa shape index (κ1) is 14.0. The highest BCUT2D eigenvalue weighted by Crippen LogP contribution is 2.37. The third kappa shape index (κ3) is 1.82. The molecular formula is C10H17NO5S. The van der Waals surface area contributed by atoms with Gasteiger partial charge in [-0.3, -0.25) is 9.59 Å². The Kier molecular flexibility index (Phi) is 3.03. The average Bonchev–Trinajstić information content (AvgIpc) is 2.23. The van der Waals surface area contributed by atoms with E-state index < -0.39 is 32.1 Å². The van der Waals surface area contributed by atoms with Gasteiger partial charge in [-0.25, -0.2) is 12.7 Å². The SMILES string of the molecule is COC(=O)C(C)(C)CN1C(=O)C(C)(C)S1(=O)=O. The van der Waals surface area contributed by atoms with Crippen LogP contribution in [0.25, 0.3) is 0 Å². The van der Waals surface area contributed by atoms with E-state index in [2.05, 4.69) is 4.74 Å². The number of amides is 1. The highest BCUT2D eigenvalue weighted by Gasteiger charge is 2.61. The van der Waals surface area contributed by atoms with Crippen molar-refractivity contribution < 1.29 is 22.7 Å². The van der Waals surface area contributed by atoms with E-state index in [1.807, 2.05) is 0 Å². The van der Waals surface area contributed by atoms with E-state index in [1.165, 1.54) is 34.8 Å². The molecule has 1 aliphatic rings. The van der Waals surface area contributed by atoms with Crippen LogP contribution in [0.2, 0.25) is 0 Å².